The van der Waals surface area contributed by atoms with Crippen LogP contribution in [0.15, 0.2) is 24.3 Å². The average molecular weight is 310 g/mol. The average Bonchev–Trinajstić information content (AvgIpc) is 2.40. The molecule has 0 saturated heterocycles. The first kappa shape index (κ1) is 15.3. The summed E-state index contributed by atoms with van der Waals surface area (Å²) in [4.78, 5) is 11.8. The Kier molecular flexibility index (Phi) is 5.16. The van der Waals surface area contributed by atoms with Crippen LogP contribution in [0.3, 0.4) is 0 Å². The van der Waals surface area contributed by atoms with Crippen molar-refractivity contribution in [2.24, 2.45) is 0 Å². The van der Waals surface area contributed by atoms with Crippen molar-refractivity contribution < 1.29 is 14.2 Å². The van der Waals surface area contributed by atoms with Crippen LogP contribution in [0.5, 0.6) is 23.5 Å². The first-order chi connectivity index (χ1) is 10.1. The number of halogens is 1. The van der Waals surface area contributed by atoms with Crippen molar-refractivity contribution in [1.82, 2.24) is 15.0 Å². The minimum absolute atomic E-state index is 0.0154. The van der Waals surface area contributed by atoms with Crippen LogP contribution in [0.25, 0.3) is 0 Å². The van der Waals surface area contributed by atoms with E-state index in [1.807, 2.05) is 20.8 Å². The zero-order valence-corrected chi connectivity index (χ0v) is 12.8. The third-order valence-corrected chi connectivity index (χ3v) is 2.42. The maximum Gasteiger partial charge on any atom is 0.329 e. The Morgan fingerprint density at radius 3 is 2.24 bits per heavy atom. The summed E-state index contributed by atoms with van der Waals surface area (Å²) < 4.78 is 16.3. The maximum absolute atomic E-state index is 5.82. The molecule has 1 aromatic heterocycles. The van der Waals surface area contributed by atoms with E-state index >= 15 is 0 Å². The van der Waals surface area contributed by atoms with Crippen molar-refractivity contribution in [3.05, 3.63) is 29.5 Å². The van der Waals surface area contributed by atoms with E-state index in [2.05, 4.69) is 15.0 Å². The van der Waals surface area contributed by atoms with Crippen LogP contribution in [0.1, 0.15) is 20.8 Å². The summed E-state index contributed by atoms with van der Waals surface area (Å²) in [5, 5.41) is 0.0154. The predicted molar refractivity (Wildman–Crippen MR) is 78.3 cm³/mol. The van der Waals surface area contributed by atoms with E-state index in [9.17, 15) is 0 Å². The monoisotopic (exact) mass is 309 g/mol. The van der Waals surface area contributed by atoms with E-state index in [1.54, 1.807) is 24.3 Å². The van der Waals surface area contributed by atoms with E-state index in [1.165, 1.54) is 0 Å². The quantitative estimate of drug-likeness (QED) is 0.813. The van der Waals surface area contributed by atoms with Crippen LogP contribution in [-0.4, -0.2) is 27.7 Å². The third kappa shape index (κ3) is 4.75. The topological polar surface area (TPSA) is 66.4 Å². The molecule has 0 atom stereocenters. The van der Waals surface area contributed by atoms with Gasteiger partial charge in [0.05, 0.1) is 12.7 Å². The lowest BCUT2D eigenvalue weighted by molar-refractivity contribution is 0.218. The van der Waals surface area contributed by atoms with Gasteiger partial charge < -0.3 is 14.2 Å². The fourth-order valence-electron chi connectivity index (χ4n) is 1.50. The molecule has 1 aromatic carbocycles. The number of rotatable bonds is 6. The first-order valence-electron chi connectivity index (χ1n) is 6.55. The lowest BCUT2D eigenvalue weighted by atomic mass is 10.3. The largest absolute Gasteiger partial charge is 0.494 e. The Labute approximate surface area is 128 Å². The number of aromatic nitrogens is 3. The fourth-order valence-corrected chi connectivity index (χ4v) is 1.64. The number of hydrogen-bond donors (Lipinski definition) is 0. The summed E-state index contributed by atoms with van der Waals surface area (Å²) in [5.74, 6) is 1.33. The molecule has 2 rings (SSSR count). The van der Waals surface area contributed by atoms with E-state index in [-0.39, 0.29) is 23.4 Å². The molecule has 1 heterocycles. The zero-order valence-electron chi connectivity index (χ0n) is 12.0. The smallest absolute Gasteiger partial charge is 0.329 e. The highest BCUT2D eigenvalue weighted by Gasteiger charge is 2.09. The molecule has 0 N–H and O–H groups in total. The van der Waals surface area contributed by atoms with E-state index in [0.717, 1.165) is 5.75 Å². The molecule has 0 fully saturated rings. The Morgan fingerprint density at radius 2 is 1.62 bits per heavy atom. The van der Waals surface area contributed by atoms with Gasteiger partial charge in [0.25, 0.3) is 0 Å². The van der Waals surface area contributed by atoms with Gasteiger partial charge in [-0.1, -0.05) is 0 Å². The number of benzene rings is 1. The van der Waals surface area contributed by atoms with Crippen molar-refractivity contribution >= 4 is 11.6 Å². The van der Waals surface area contributed by atoms with Gasteiger partial charge in [-0.2, -0.15) is 9.97 Å². The van der Waals surface area contributed by atoms with Crippen LogP contribution in [0.2, 0.25) is 5.28 Å². The SMILES string of the molecule is CCOc1ccc(Oc2nc(Cl)nc(OC(C)C)n2)cc1. The van der Waals surface area contributed by atoms with E-state index in [4.69, 9.17) is 25.8 Å². The van der Waals surface area contributed by atoms with Gasteiger partial charge in [0.1, 0.15) is 11.5 Å². The summed E-state index contributed by atoms with van der Waals surface area (Å²) in [5.41, 5.74) is 0. The highest BCUT2D eigenvalue weighted by molar-refractivity contribution is 6.28. The van der Waals surface area contributed by atoms with Crippen LogP contribution < -0.4 is 14.2 Å². The van der Waals surface area contributed by atoms with Gasteiger partial charge in [-0.3, -0.25) is 0 Å². The van der Waals surface area contributed by atoms with Gasteiger partial charge in [0, 0.05) is 0 Å². The van der Waals surface area contributed by atoms with Crippen LogP contribution in [0, 0.1) is 0 Å². The number of nitrogens with zero attached hydrogens (tertiary/aromatic N) is 3. The van der Waals surface area contributed by atoms with E-state index < -0.39 is 0 Å². The standard InChI is InChI=1S/C14H16ClN3O3/c1-4-19-10-5-7-11(8-6-10)21-14-17-12(15)16-13(18-14)20-9(2)3/h5-9H,4H2,1-3H3. The highest BCUT2D eigenvalue weighted by Crippen LogP contribution is 2.23. The summed E-state index contributed by atoms with van der Waals surface area (Å²) in [6.07, 6.45) is -0.0678. The molecule has 7 heteroatoms. The minimum atomic E-state index is -0.0678. The molecule has 0 unspecified atom stereocenters. The second-order valence-corrected chi connectivity index (χ2v) is 4.68. The normalized spacial score (nSPS) is 10.5. The molecule has 0 radical (unpaired) electrons. The maximum atomic E-state index is 5.82. The van der Waals surface area contributed by atoms with Crippen LogP contribution in [0.4, 0.5) is 0 Å². The molecular weight excluding hydrogens is 294 g/mol. The lowest BCUT2D eigenvalue weighted by Gasteiger charge is -2.09. The Hall–Kier alpha value is -2.08. The van der Waals surface area contributed by atoms with Crippen molar-refractivity contribution in [2.45, 2.75) is 26.9 Å². The summed E-state index contributed by atoms with van der Waals surface area (Å²) in [6, 6.07) is 7.32. The van der Waals surface area contributed by atoms with Crippen molar-refractivity contribution in [3.8, 4) is 23.5 Å². The van der Waals surface area contributed by atoms with Gasteiger partial charge in [0.2, 0.25) is 5.28 Å². The van der Waals surface area contributed by atoms with Gasteiger partial charge in [-0.05, 0) is 56.6 Å². The molecule has 0 amide bonds. The second kappa shape index (κ2) is 7.08. The highest BCUT2D eigenvalue weighted by atomic mass is 35.5. The molecule has 0 saturated carbocycles. The molecule has 112 valence electrons. The Balaban J connectivity index is 2.12. The molecular formula is C14H16ClN3O3. The summed E-state index contributed by atoms with van der Waals surface area (Å²) in [6.45, 7) is 6.27. The molecule has 0 aliphatic heterocycles. The van der Waals surface area contributed by atoms with Crippen molar-refractivity contribution in [1.29, 1.82) is 0 Å². The molecule has 0 spiro atoms. The van der Waals surface area contributed by atoms with Crippen LogP contribution in [-0.2, 0) is 0 Å². The molecule has 21 heavy (non-hydrogen) atoms. The van der Waals surface area contributed by atoms with Gasteiger partial charge in [-0.25, -0.2) is 0 Å². The van der Waals surface area contributed by atoms with Gasteiger partial charge in [-0.15, -0.1) is 4.98 Å². The third-order valence-electron chi connectivity index (χ3n) is 2.25. The molecule has 0 aliphatic rings. The van der Waals surface area contributed by atoms with Gasteiger partial charge in [0.15, 0.2) is 0 Å². The van der Waals surface area contributed by atoms with Crippen molar-refractivity contribution in [3.63, 3.8) is 0 Å². The second-order valence-electron chi connectivity index (χ2n) is 4.34. The first-order valence-corrected chi connectivity index (χ1v) is 6.93. The number of hydrogen-bond acceptors (Lipinski definition) is 6. The number of ether oxygens (including phenoxy) is 3. The minimum Gasteiger partial charge on any atom is -0.494 e. The molecule has 2 aromatic rings. The molecule has 0 bridgehead atoms. The molecule has 6 nitrogen and oxygen atoms in total. The summed E-state index contributed by atoms with van der Waals surface area (Å²) in [7, 11) is 0. The Morgan fingerprint density at radius 1 is 1.00 bits per heavy atom. The lowest BCUT2D eigenvalue weighted by Crippen LogP contribution is -2.09. The fraction of sp³-hybridized carbons (Fsp3) is 0.357. The predicted octanol–water partition coefficient (Wildman–Crippen LogP) is 3.50. The molecule has 0 aliphatic carbocycles. The zero-order chi connectivity index (χ0) is 15.2. The van der Waals surface area contributed by atoms with Gasteiger partial charge >= 0.3 is 12.0 Å². The Bertz CT molecular complexity index is 591. The van der Waals surface area contributed by atoms with E-state index in [0.29, 0.717) is 12.4 Å². The summed E-state index contributed by atoms with van der Waals surface area (Å²) >= 11 is 5.82. The van der Waals surface area contributed by atoms with Crippen LogP contribution >= 0.6 is 11.6 Å². The van der Waals surface area contributed by atoms with Crippen molar-refractivity contribution in [2.75, 3.05) is 6.61 Å².